The molecule has 0 aromatic heterocycles. The lowest BCUT2D eigenvalue weighted by Crippen LogP contribution is -2.41. The van der Waals surface area contributed by atoms with Crippen molar-refractivity contribution in [1.82, 2.24) is 0 Å². The van der Waals surface area contributed by atoms with E-state index >= 15 is 0 Å². The van der Waals surface area contributed by atoms with E-state index in [0.717, 1.165) is 38.5 Å². The maximum Gasteiger partial charge on any atom is 0.469 e. The zero-order valence-electron chi connectivity index (χ0n) is 30.1. The van der Waals surface area contributed by atoms with Crippen molar-refractivity contribution >= 4 is 7.82 Å². The Balaban J connectivity index is 0.000000264. The molecule has 0 unspecified atom stereocenters. The lowest BCUT2D eigenvalue weighted by atomic mass is 9.92. The highest BCUT2D eigenvalue weighted by Crippen LogP contribution is 2.44. The first-order chi connectivity index (χ1) is 23.0. The minimum Gasteiger partial charge on any atom is -0.394 e. The van der Waals surface area contributed by atoms with E-state index in [1.54, 1.807) is 0 Å². The molecule has 2 aliphatic rings. The number of aliphatic hydroxyl groups excluding tert-OH is 1. The Morgan fingerprint density at radius 2 is 1.06 bits per heavy atom. The summed E-state index contributed by atoms with van der Waals surface area (Å²) in [5, 5.41) is 9.38. The van der Waals surface area contributed by atoms with Crippen LogP contribution in [0.4, 0.5) is 0 Å². The van der Waals surface area contributed by atoms with Gasteiger partial charge in [0.25, 0.3) is 0 Å². The maximum absolute atomic E-state index is 10.9. The molecular weight excluding hydrogens is 619 g/mol. The second-order valence-corrected chi connectivity index (χ2v) is 16.3. The van der Waals surface area contributed by atoms with Gasteiger partial charge in [0.1, 0.15) is 0 Å². The van der Waals surface area contributed by atoms with Gasteiger partial charge in [-0.1, -0.05) is 127 Å². The predicted molar refractivity (Wildman–Crippen MR) is 199 cm³/mol. The van der Waals surface area contributed by atoms with Gasteiger partial charge in [-0.2, -0.15) is 0 Å². The Morgan fingerprint density at radius 3 is 1.46 bits per heavy atom. The number of aliphatic hydroxyl groups is 1. The summed E-state index contributed by atoms with van der Waals surface area (Å²) in [6.45, 7) is 4.52. The van der Waals surface area contributed by atoms with E-state index in [-0.39, 0.29) is 18.8 Å². The van der Waals surface area contributed by atoms with Crippen LogP contribution in [0.15, 0.2) is 48.5 Å². The van der Waals surface area contributed by atoms with Crippen LogP contribution in [-0.4, -0.2) is 39.2 Å². The van der Waals surface area contributed by atoms with E-state index in [1.807, 2.05) is 0 Å². The first kappa shape index (κ1) is 40.9. The van der Waals surface area contributed by atoms with Crippen LogP contribution >= 0.6 is 7.82 Å². The van der Waals surface area contributed by atoms with E-state index in [1.165, 1.54) is 106 Å². The van der Waals surface area contributed by atoms with Gasteiger partial charge in [-0.3, -0.25) is 4.52 Å². The van der Waals surface area contributed by atoms with Crippen molar-refractivity contribution < 1.29 is 24.0 Å². The molecule has 48 heavy (non-hydrogen) atoms. The van der Waals surface area contributed by atoms with Crippen molar-refractivity contribution in [1.29, 1.82) is 0 Å². The molecule has 0 radical (unpaired) electrons. The highest BCUT2D eigenvalue weighted by Gasteiger charge is 2.38. The van der Waals surface area contributed by atoms with Crippen LogP contribution < -0.4 is 11.5 Å². The molecule has 0 aliphatic heterocycles. The van der Waals surface area contributed by atoms with Gasteiger partial charge in [0, 0.05) is 11.1 Å². The Hall–Kier alpha value is -1.57. The van der Waals surface area contributed by atoms with Crippen molar-refractivity contribution in [3.05, 3.63) is 70.8 Å². The van der Waals surface area contributed by atoms with Crippen molar-refractivity contribution in [3.8, 4) is 0 Å². The number of phosphoric acid groups is 1. The van der Waals surface area contributed by atoms with Gasteiger partial charge in [-0.05, 0) is 98.3 Å². The molecule has 2 aliphatic carbocycles. The first-order valence-corrected chi connectivity index (χ1v) is 20.6. The average molecular weight is 687 g/mol. The molecule has 0 amide bonds. The molecule has 7 nitrogen and oxygen atoms in total. The summed E-state index contributed by atoms with van der Waals surface area (Å²) in [6.07, 6.45) is 23.7. The van der Waals surface area contributed by atoms with E-state index < -0.39 is 13.4 Å². The van der Waals surface area contributed by atoms with Crippen molar-refractivity contribution in [2.24, 2.45) is 11.5 Å². The number of benzene rings is 2. The lowest BCUT2D eigenvalue weighted by Gasteiger charge is -2.24. The van der Waals surface area contributed by atoms with Gasteiger partial charge in [-0.15, -0.1) is 0 Å². The third kappa shape index (κ3) is 15.1. The van der Waals surface area contributed by atoms with E-state index in [0.29, 0.717) is 18.3 Å². The van der Waals surface area contributed by atoms with E-state index in [4.69, 9.17) is 21.3 Å². The topological polar surface area (TPSA) is 139 Å². The van der Waals surface area contributed by atoms with Crippen molar-refractivity contribution in [3.63, 3.8) is 0 Å². The zero-order valence-corrected chi connectivity index (χ0v) is 31.0. The first-order valence-electron chi connectivity index (χ1n) is 19.0. The zero-order chi connectivity index (χ0) is 34.9. The number of aryl methyl sites for hydroxylation is 2. The number of hydrogen-bond acceptors (Lipinski definition) is 5. The summed E-state index contributed by atoms with van der Waals surface area (Å²) < 4.78 is 15.5. The summed E-state index contributed by atoms with van der Waals surface area (Å²) in [5.41, 5.74) is 17.0. The number of unbranched alkanes of at least 4 members (excludes halogenated alkanes) is 10. The van der Waals surface area contributed by atoms with Gasteiger partial charge in [-0.25, -0.2) is 4.57 Å². The summed E-state index contributed by atoms with van der Waals surface area (Å²) >= 11 is 0. The number of nitrogens with two attached hydrogens (primary N) is 2. The fourth-order valence-electron chi connectivity index (χ4n) is 7.50. The molecule has 2 saturated carbocycles. The van der Waals surface area contributed by atoms with Crippen LogP contribution in [-0.2, 0) is 21.9 Å². The molecule has 2 aromatic carbocycles. The molecular formula is C40H67N2O5P. The van der Waals surface area contributed by atoms with Crippen LogP contribution in [0.1, 0.15) is 164 Å². The molecule has 2 fully saturated rings. The van der Waals surface area contributed by atoms with E-state index in [2.05, 4.69) is 66.9 Å². The average Bonchev–Trinajstić information content (AvgIpc) is 3.68. The van der Waals surface area contributed by atoms with Gasteiger partial charge in [0.15, 0.2) is 0 Å². The maximum atomic E-state index is 10.9. The van der Waals surface area contributed by atoms with Crippen molar-refractivity contribution in [2.75, 3.05) is 13.2 Å². The monoisotopic (exact) mass is 686 g/mol. The Morgan fingerprint density at radius 1 is 0.667 bits per heavy atom. The normalized spacial score (nSPS) is 24.1. The number of phosphoric ester groups is 1. The molecule has 0 saturated heterocycles. The van der Waals surface area contributed by atoms with Crippen LogP contribution in [0.3, 0.4) is 0 Å². The second-order valence-electron chi connectivity index (χ2n) is 15.0. The third-order valence-corrected chi connectivity index (χ3v) is 11.1. The highest BCUT2D eigenvalue weighted by molar-refractivity contribution is 7.46. The molecule has 0 heterocycles. The standard InChI is InChI=1S/C20H34NO4P.C20H33NO/c1-2-3-4-5-6-7-8-17-9-11-18(12-10-17)19-13-14-20(21,15-19)16-25-26(22,23)24;1-2-3-4-5-6-7-8-17-9-11-18(12-10-17)19-13-14-20(21,15-19)16-22/h9-12,19H,2-8,13-16,21H2,1H3,(H2,22,23,24);9-12,19,22H,2-8,13-16,21H2,1H3/t2*19-,20+/m00/s1. The molecule has 4 rings (SSSR count). The van der Waals surface area contributed by atoms with E-state index in [9.17, 15) is 9.67 Å². The second kappa shape index (κ2) is 20.9. The Kier molecular flexibility index (Phi) is 17.8. The van der Waals surface area contributed by atoms with Crippen LogP contribution in [0.25, 0.3) is 0 Å². The van der Waals surface area contributed by atoms with Crippen molar-refractivity contribution in [2.45, 2.75) is 165 Å². The summed E-state index contributed by atoms with van der Waals surface area (Å²) in [7, 11) is -4.46. The largest absolute Gasteiger partial charge is 0.469 e. The summed E-state index contributed by atoms with van der Waals surface area (Å²) in [4.78, 5) is 17.7. The molecule has 0 bridgehead atoms. The van der Waals surface area contributed by atoms with Crippen LogP contribution in [0.5, 0.6) is 0 Å². The smallest absolute Gasteiger partial charge is 0.394 e. The molecule has 4 atom stereocenters. The highest BCUT2D eigenvalue weighted by atomic mass is 31.2. The number of hydrogen-bond donors (Lipinski definition) is 5. The fourth-order valence-corrected chi connectivity index (χ4v) is 7.93. The number of rotatable bonds is 20. The molecule has 0 spiro atoms. The van der Waals surface area contributed by atoms with Gasteiger partial charge in [0.05, 0.1) is 13.2 Å². The van der Waals surface area contributed by atoms with Gasteiger partial charge >= 0.3 is 7.82 Å². The Bertz CT molecular complexity index is 1200. The molecule has 7 N–H and O–H groups in total. The summed E-state index contributed by atoms with van der Waals surface area (Å²) in [5.74, 6) is 0.865. The Labute approximate surface area is 291 Å². The molecule has 8 heteroatoms. The minimum absolute atomic E-state index is 0.0934. The molecule has 272 valence electrons. The predicted octanol–water partition coefficient (Wildman–Crippen LogP) is 9.21. The fraction of sp³-hybridized carbons (Fsp3) is 0.700. The van der Waals surface area contributed by atoms with Gasteiger partial charge < -0.3 is 26.4 Å². The lowest BCUT2D eigenvalue weighted by molar-refractivity contribution is 0.153. The van der Waals surface area contributed by atoms with Gasteiger partial charge in [0.2, 0.25) is 0 Å². The summed E-state index contributed by atoms with van der Waals surface area (Å²) in [6, 6.07) is 17.9. The van der Waals surface area contributed by atoms with Crippen LogP contribution in [0, 0.1) is 0 Å². The SMILES string of the molecule is CCCCCCCCc1ccc([C@H]2CC[C@](N)(CO)C2)cc1.CCCCCCCCc1ccc([C@H]2CC[C@](N)(COP(=O)(O)O)C2)cc1. The molecule has 2 aromatic rings. The third-order valence-electron chi connectivity index (χ3n) is 10.7. The van der Waals surface area contributed by atoms with Crippen LogP contribution in [0.2, 0.25) is 0 Å². The minimum atomic E-state index is -4.46. The quantitative estimate of drug-likeness (QED) is 0.0691.